The minimum Gasteiger partial charge on any atom is -0.463 e. The molecule has 212 valence electrons. The SMILES string of the molecule is CC(=O)N[C@@H]1[C@H](O[C@@H]2[C@H](O)[C@H](CO)O[C@H](Oc3ccc([N+](=O)[O-])cc3)[C@@H]2NC(C)=O)O[C@H](CO)[C@H](O)[C@@H]1O. The molecule has 0 spiro atoms. The predicted octanol–water partition coefficient (Wildman–Crippen LogP) is -3.11. The Labute approximate surface area is 216 Å². The van der Waals surface area contributed by atoms with Gasteiger partial charge in [-0.05, 0) is 12.1 Å². The van der Waals surface area contributed by atoms with Crippen LogP contribution in [-0.4, -0.2) is 117 Å². The van der Waals surface area contributed by atoms with Gasteiger partial charge in [-0.25, -0.2) is 0 Å². The maximum absolute atomic E-state index is 12.1. The molecule has 38 heavy (non-hydrogen) atoms. The van der Waals surface area contributed by atoms with Gasteiger partial charge in [-0.1, -0.05) is 0 Å². The highest BCUT2D eigenvalue weighted by Crippen LogP contribution is 2.31. The quantitative estimate of drug-likeness (QED) is 0.120. The molecular weight excluding hydrogens is 514 g/mol. The molecule has 0 radical (unpaired) electrons. The molecular formula is C22H31N3O13. The van der Waals surface area contributed by atoms with Gasteiger partial charge in [0.25, 0.3) is 5.69 Å². The van der Waals surface area contributed by atoms with Crippen LogP contribution in [0.2, 0.25) is 0 Å². The Morgan fingerprint density at radius 2 is 1.42 bits per heavy atom. The second-order valence-corrected chi connectivity index (χ2v) is 8.84. The van der Waals surface area contributed by atoms with Gasteiger partial charge in [-0.3, -0.25) is 19.7 Å². The van der Waals surface area contributed by atoms with Gasteiger partial charge < -0.3 is 55.1 Å². The molecule has 1 aromatic carbocycles. The third-order valence-corrected chi connectivity index (χ3v) is 6.07. The smallest absolute Gasteiger partial charge is 0.269 e. The lowest BCUT2D eigenvalue weighted by molar-refractivity contribution is -0.384. The van der Waals surface area contributed by atoms with Crippen molar-refractivity contribution in [3.8, 4) is 5.75 Å². The van der Waals surface area contributed by atoms with Gasteiger partial charge in [-0.2, -0.15) is 0 Å². The number of hydrogen-bond donors (Lipinski definition) is 7. The van der Waals surface area contributed by atoms with Gasteiger partial charge in [0.2, 0.25) is 18.1 Å². The topological polar surface area (TPSA) is 239 Å². The van der Waals surface area contributed by atoms with Crippen molar-refractivity contribution < 1.29 is 59.0 Å². The number of nitro groups is 1. The van der Waals surface area contributed by atoms with Crippen LogP contribution in [0.4, 0.5) is 5.69 Å². The second-order valence-electron chi connectivity index (χ2n) is 8.84. The van der Waals surface area contributed by atoms with Gasteiger partial charge in [-0.15, -0.1) is 0 Å². The zero-order valence-corrected chi connectivity index (χ0v) is 20.4. The summed E-state index contributed by atoms with van der Waals surface area (Å²) in [5.41, 5.74) is -0.206. The number of rotatable bonds is 9. The van der Waals surface area contributed by atoms with Gasteiger partial charge in [0.15, 0.2) is 6.29 Å². The van der Waals surface area contributed by atoms with Crippen LogP contribution in [0.15, 0.2) is 24.3 Å². The van der Waals surface area contributed by atoms with Crippen molar-refractivity contribution in [3.05, 3.63) is 34.4 Å². The maximum atomic E-state index is 12.1. The molecule has 2 aliphatic heterocycles. The Bertz CT molecular complexity index is 980. The molecule has 10 atom stereocenters. The van der Waals surface area contributed by atoms with Gasteiger partial charge in [0.05, 0.1) is 18.1 Å². The number of hydrogen-bond acceptors (Lipinski definition) is 13. The number of non-ortho nitro benzene ring substituents is 1. The zero-order valence-electron chi connectivity index (χ0n) is 20.4. The number of nitro benzene ring substituents is 1. The summed E-state index contributed by atoms with van der Waals surface area (Å²) in [6.45, 7) is 0.883. The van der Waals surface area contributed by atoms with Crippen molar-refractivity contribution in [2.24, 2.45) is 0 Å². The van der Waals surface area contributed by atoms with Crippen molar-refractivity contribution in [3.63, 3.8) is 0 Å². The fraction of sp³-hybridized carbons (Fsp3) is 0.636. The third-order valence-electron chi connectivity index (χ3n) is 6.07. The molecule has 2 amide bonds. The minimum absolute atomic E-state index is 0.0895. The van der Waals surface area contributed by atoms with E-state index in [-0.39, 0.29) is 11.4 Å². The summed E-state index contributed by atoms with van der Waals surface area (Å²) in [6, 6.07) is 2.27. The lowest BCUT2D eigenvalue weighted by Gasteiger charge is -2.48. The van der Waals surface area contributed by atoms with E-state index in [1.807, 2.05) is 0 Å². The Balaban J connectivity index is 1.93. The number of carbonyl (C=O) groups excluding carboxylic acids is 2. The van der Waals surface area contributed by atoms with E-state index < -0.39 is 91.2 Å². The van der Waals surface area contributed by atoms with Crippen molar-refractivity contribution in [1.29, 1.82) is 0 Å². The fourth-order valence-corrected chi connectivity index (χ4v) is 4.24. The monoisotopic (exact) mass is 545 g/mol. The molecule has 2 saturated heterocycles. The number of amides is 2. The molecule has 2 fully saturated rings. The number of aliphatic hydroxyl groups excluding tert-OH is 5. The highest BCUT2D eigenvalue weighted by Gasteiger charge is 2.52. The lowest BCUT2D eigenvalue weighted by atomic mass is 9.94. The standard InChI is InChI=1S/C22H31N3O13/c1-9(28)23-15-19(32)17(30)13(7-26)36-21(15)38-20-16(24-10(2)29)22(37-14(8-27)18(20)31)35-12-5-3-11(4-6-12)25(33)34/h3-6,13-22,26-27,30-32H,7-8H2,1-2H3,(H,23,28)(H,24,29)/t13-,14+,15+,16-,17+,18-,19-,20+,21+,22+/m1/s1. The van der Waals surface area contributed by atoms with Crippen LogP contribution in [0.5, 0.6) is 5.75 Å². The fourth-order valence-electron chi connectivity index (χ4n) is 4.24. The van der Waals surface area contributed by atoms with E-state index in [0.717, 1.165) is 6.92 Å². The first-order valence-corrected chi connectivity index (χ1v) is 11.6. The Morgan fingerprint density at radius 3 is 1.95 bits per heavy atom. The average Bonchev–Trinajstić information content (AvgIpc) is 2.86. The third kappa shape index (κ3) is 6.72. The summed E-state index contributed by atoms with van der Waals surface area (Å²) in [5.74, 6) is -1.11. The van der Waals surface area contributed by atoms with E-state index in [1.54, 1.807) is 0 Å². The first-order chi connectivity index (χ1) is 18.0. The number of aliphatic hydroxyl groups is 5. The summed E-state index contributed by atoms with van der Waals surface area (Å²) >= 11 is 0. The molecule has 0 aromatic heterocycles. The van der Waals surface area contributed by atoms with Crippen LogP contribution >= 0.6 is 0 Å². The molecule has 16 nitrogen and oxygen atoms in total. The molecule has 0 unspecified atom stereocenters. The molecule has 0 aliphatic carbocycles. The van der Waals surface area contributed by atoms with Gasteiger partial charge in [0.1, 0.15) is 54.5 Å². The van der Waals surface area contributed by atoms with Crippen molar-refractivity contribution in [2.75, 3.05) is 13.2 Å². The van der Waals surface area contributed by atoms with Gasteiger partial charge >= 0.3 is 0 Å². The molecule has 7 N–H and O–H groups in total. The maximum Gasteiger partial charge on any atom is 0.269 e. The molecule has 2 aliphatic rings. The van der Waals surface area contributed by atoms with Crippen LogP contribution in [0, 0.1) is 10.1 Å². The number of benzene rings is 1. The molecule has 0 saturated carbocycles. The van der Waals surface area contributed by atoms with Crippen LogP contribution in [0.3, 0.4) is 0 Å². The summed E-state index contributed by atoms with van der Waals surface area (Å²) < 4.78 is 22.9. The van der Waals surface area contributed by atoms with Crippen LogP contribution in [0.25, 0.3) is 0 Å². The van der Waals surface area contributed by atoms with Crippen LogP contribution < -0.4 is 15.4 Å². The Kier molecular flexibility index (Phi) is 9.91. The number of ether oxygens (including phenoxy) is 4. The Morgan fingerprint density at radius 1 is 0.895 bits per heavy atom. The average molecular weight is 545 g/mol. The molecule has 2 heterocycles. The Hall–Kier alpha value is -2.96. The minimum atomic E-state index is -1.65. The van der Waals surface area contributed by atoms with E-state index >= 15 is 0 Å². The lowest BCUT2D eigenvalue weighted by Crippen LogP contribution is -2.70. The highest BCUT2D eigenvalue weighted by atomic mass is 16.7. The van der Waals surface area contributed by atoms with Gasteiger partial charge in [0, 0.05) is 26.0 Å². The summed E-state index contributed by atoms with van der Waals surface area (Å²) in [7, 11) is 0. The highest BCUT2D eigenvalue weighted by molar-refractivity contribution is 5.73. The molecule has 3 rings (SSSR count). The van der Waals surface area contributed by atoms with Crippen LogP contribution in [0.1, 0.15) is 13.8 Å². The van der Waals surface area contributed by atoms with Crippen molar-refractivity contribution >= 4 is 17.5 Å². The molecule has 0 bridgehead atoms. The zero-order chi connectivity index (χ0) is 28.1. The normalized spacial score (nSPS) is 35.2. The van der Waals surface area contributed by atoms with Crippen LogP contribution in [-0.2, 0) is 23.8 Å². The number of carbonyl (C=O) groups is 2. The van der Waals surface area contributed by atoms with E-state index in [4.69, 9.17) is 18.9 Å². The first-order valence-electron chi connectivity index (χ1n) is 11.6. The summed E-state index contributed by atoms with van der Waals surface area (Å²) in [5, 5.41) is 67.0. The first kappa shape index (κ1) is 29.6. The molecule has 1 aromatic rings. The summed E-state index contributed by atoms with van der Waals surface area (Å²) in [4.78, 5) is 34.1. The van der Waals surface area contributed by atoms with E-state index in [1.165, 1.54) is 31.2 Å². The van der Waals surface area contributed by atoms with E-state index in [2.05, 4.69) is 10.6 Å². The second kappa shape index (κ2) is 12.7. The van der Waals surface area contributed by atoms with Crippen molar-refractivity contribution in [2.45, 2.75) is 75.1 Å². The van der Waals surface area contributed by atoms with E-state index in [0.29, 0.717) is 0 Å². The van der Waals surface area contributed by atoms with Crippen molar-refractivity contribution in [1.82, 2.24) is 10.6 Å². The number of nitrogens with one attached hydrogen (secondary N) is 2. The van der Waals surface area contributed by atoms with E-state index in [9.17, 15) is 45.2 Å². The molecule has 16 heteroatoms. The predicted molar refractivity (Wildman–Crippen MR) is 123 cm³/mol. The summed E-state index contributed by atoms with van der Waals surface area (Å²) in [6.07, 6.45) is -11.9. The largest absolute Gasteiger partial charge is 0.463 e. The number of nitrogens with zero attached hydrogens (tertiary/aromatic N) is 1.